The lowest BCUT2D eigenvalue weighted by molar-refractivity contribution is -0.0901. The van der Waals surface area contributed by atoms with Crippen molar-refractivity contribution in [1.29, 1.82) is 0 Å². The molecule has 1 aliphatic rings. The van der Waals surface area contributed by atoms with E-state index in [9.17, 15) is 13.6 Å². The molecule has 0 spiro atoms. The maximum absolute atomic E-state index is 12.7. The Morgan fingerprint density at radius 3 is 2.72 bits per heavy atom. The van der Waals surface area contributed by atoms with Gasteiger partial charge < -0.3 is 10.1 Å². The van der Waals surface area contributed by atoms with Gasteiger partial charge in [-0.15, -0.1) is 0 Å². The number of amides is 1. The van der Waals surface area contributed by atoms with E-state index in [2.05, 4.69) is 21.2 Å². The third kappa shape index (κ3) is 2.80. The van der Waals surface area contributed by atoms with E-state index in [4.69, 9.17) is 4.74 Å². The molecule has 1 aromatic carbocycles. The van der Waals surface area contributed by atoms with Crippen LogP contribution in [-0.4, -0.2) is 25.0 Å². The van der Waals surface area contributed by atoms with Gasteiger partial charge >= 0.3 is 0 Å². The number of hydrogen-bond acceptors (Lipinski definition) is 2. The summed E-state index contributed by atoms with van der Waals surface area (Å²) in [5.74, 6) is -2.62. The van der Waals surface area contributed by atoms with Crippen LogP contribution < -0.4 is 10.1 Å². The van der Waals surface area contributed by atoms with Gasteiger partial charge in [-0.25, -0.2) is 8.78 Å². The minimum Gasteiger partial charge on any atom is -0.496 e. The van der Waals surface area contributed by atoms with Crippen molar-refractivity contribution in [3.8, 4) is 5.75 Å². The molecule has 6 heteroatoms. The zero-order valence-electron chi connectivity index (χ0n) is 9.67. The highest BCUT2D eigenvalue weighted by Crippen LogP contribution is 2.37. The fourth-order valence-corrected chi connectivity index (χ4v) is 2.22. The molecular weight excluding hydrogens is 308 g/mol. The fourth-order valence-electron chi connectivity index (χ4n) is 1.88. The Balaban J connectivity index is 2.05. The van der Waals surface area contributed by atoms with Crippen molar-refractivity contribution in [2.75, 3.05) is 7.11 Å². The number of methoxy groups -OCH3 is 1. The summed E-state index contributed by atoms with van der Waals surface area (Å²) in [6.45, 7) is 0. The third-order valence-corrected chi connectivity index (χ3v) is 3.33. The minimum absolute atomic E-state index is 0.294. The summed E-state index contributed by atoms with van der Waals surface area (Å²) < 4.78 is 31.2. The zero-order valence-corrected chi connectivity index (χ0v) is 11.3. The van der Waals surface area contributed by atoms with Crippen LogP contribution in [0.15, 0.2) is 22.7 Å². The molecule has 3 nitrogen and oxygen atoms in total. The molecule has 0 aliphatic heterocycles. The first-order chi connectivity index (χ1) is 8.41. The average molecular weight is 320 g/mol. The van der Waals surface area contributed by atoms with Crippen LogP contribution in [0, 0.1) is 0 Å². The normalized spacial score (nSPS) is 18.0. The summed E-state index contributed by atoms with van der Waals surface area (Å²) in [6.07, 6.45) is -0.588. The van der Waals surface area contributed by atoms with Gasteiger partial charge in [0.1, 0.15) is 5.75 Å². The van der Waals surface area contributed by atoms with E-state index >= 15 is 0 Å². The van der Waals surface area contributed by atoms with Gasteiger partial charge in [-0.05, 0) is 18.2 Å². The molecule has 1 amide bonds. The van der Waals surface area contributed by atoms with E-state index in [0.29, 0.717) is 11.3 Å². The van der Waals surface area contributed by atoms with Gasteiger partial charge in [-0.2, -0.15) is 0 Å². The van der Waals surface area contributed by atoms with E-state index < -0.39 is 12.0 Å². The highest BCUT2D eigenvalue weighted by atomic mass is 79.9. The molecule has 1 aromatic rings. The number of ether oxygens (including phenoxy) is 1. The Morgan fingerprint density at radius 1 is 1.50 bits per heavy atom. The number of alkyl halides is 2. The van der Waals surface area contributed by atoms with Gasteiger partial charge in [0.05, 0.1) is 12.7 Å². The van der Waals surface area contributed by atoms with Crippen molar-refractivity contribution < 1.29 is 18.3 Å². The number of rotatable bonds is 3. The molecule has 1 N–H and O–H groups in total. The molecule has 1 fully saturated rings. The quantitative estimate of drug-likeness (QED) is 0.930. The van der Waals surface area contributed by atoms with Crippen molar-refractivity contribution in [3.63, 3.8) is 0 Å². The number of nitrogens with one attached hydrogen (secondary N) is 1. The minimum atomic E-state index is -2.64. The maximum atomic E-state index is 12.7. The SMILES string of the molecule is COc1cc(Br)ccc1C(=O)NC1CC(F)(F)C1. The van der Waals surface area contributed by atoms with Gasteiger partial charge in [-0.1, -0.05) is 15.9 Å². The van der Waals surface area contributed by atoms with Crippen LogP contribution in [0.1, 0.15) is 23.2 Å². The molecule has 0 saturated heterocycles. The second-order valence-corrected chi connectivity index (χ2v) is 5.19. The van der Waals surface area contributed by atoms with Gasteiger partial charge in [0.2, 0.25) is 0 Å². The van der Waals surface area contributed by atoms with Crippen LogP contribution in [0.25, 0.3) is 0 Å². The van der Waals surface area contributed by atoms with E-state index in [-0.39, 0.29) is 18.7 Å². The van der Waals surface area contributed by atoms with Crippen LogP contribution in [-0.2, 0) is 0 Å². The number of carbonyl (C=O) groups excluding carboxylic acids is 1. The Hall–Kier alpha value is -1.17. The van der Waals surface area contributed by atoms with E-state index in [1.807, 2.05) is 0 Å². The third-order valence-electron chi connectivity index (χ3n) is 2.83. The van der Waals surface area contributed by atoms with Gasteiger partial charge in [-0.3, -0.25) is 4.79 Å². The lowest BCUT2D eigenvalue weighted by atomic mass is 9.88. The molecule has 98 valence electrons. The predicted octanol–water partition coefficient (Wildman–Crippen LogP) is 2.99. The van der Waals surface area contributed by atoms with Gasteiger partial charge in [0.25, 0.3) is 11.8 Å². The summed E-state index contributed by atoms with van der Waals surface area (Å²) >= 11 is 3.27. The largest absolute Gasteiger partial charge is 0.496 e. The van der Waals surface area contributed by atoms with E-state index in [0.717, 1.165) is 4.47 Å². The van der Waals surface area contributed by atoms with Gasteiger partial charge in [0.15, 0.2) is 0 Å². The maximum Gasteiger partial charge on any atom is 0.255 e. The lowest BCUT2D eigenvalue weighted by Gasteiger charge is -2.35. The first-order valence-corrected chi connectivity index (χ1v) is 6.23. The first kappa shape index (κ1) is 13.3. The van der Waals surface area contributed by atoms with Crippen molar-refractivity contribution in [1.82, 2.24) is 5.32 Å². The number of halogens is 3. The van der Waals surface area contributed by atoms with Crippen molar-refractivity contribution >= 4 is 21.8 Å². The van der Waals surface area contributed by atoms with Crippen LogP contribution >= 0.6 is 15.9 Å². The molecule has 1 aliphatic carbocycles. The highest BCUT2D eigenvalue weighted by Gasteiger charge is 2.46. The second-order valence-electron chi connectivity index (χ2n) is 4.28. The molecule has 0 unspecified atom stereocenters. The van der Waals surface area contributed by atoms with Crippen LogP contribution in [0.5, 0.6) is 5.75 Å². The summed E-state index contributed by atoms with van der Waals surface area (Å²) in [5.41, 5.74) is 0.343. The summed E-state index contributed by atoms with van der Waals surface area (Å²) in [6, 6.07) is 4.49. The average Bonchev–Trinajstić information content (AvgIpc) is 2.26. The summed E-state index contributed by atoms with van der Waals surface area (Å²) in [5, 5.41) is 2.57. The number of benzene rings is 1. The van der Waals surface area contributed by atoms with E-state index in [1.54, 1.807) is 18.2 Å². The number of carbonyl (C=O) groups is 1. The summed E-state index contributed by atoms with van der Waals surface area (Å²) in [7, 11) is 1.45. The second kappa shape index (κ2) is 4.84. The predicted molar refractivity (Wildman–Crippen MR) is 66.1 cm³/mol. The Morgan fingerprint density at radius 2 is 2.17 bits per heavy atom. The topological polar surface area (TPSA) is 38.3 Å². The Kier molecular flexibility index (Phi) is 3.56. The Bertz CT molecular complexity index is 471. The molecule has 0 heterocycles. The molecule has 0 aromatic heterocycles. The Labute approximate surface area is 112 Å². The van der Waals surface area contributed by atoms with Crippen molar-refractivity contribution in [2.45, 2.75) is 24.8 Å². The monoisotopic (exact) mass is 319 g/mol. The van der Waals surface area contributed by atoms with E-state index in [1.165, 1.54) is 7.11 Å². The highest BCUT2D eigenvalue weighted by molar-refractivity contribution is 9.10. The number of hydrogen-bond donors (Lipinski definition) is 1. The molecular formula is C12H12BrF2NO2. The standard InChI is InChI=1S/C12H12BrF2NO2/c1-18-10-4-7(13)2-3-9(10)11(17)16-8-5-12(14,15)6-8/h2-4,8H,5-6H2,1H3,(H,16,17). The smallest absolute Gasteiger partial charge is 0.255 e. The van der Waals surface area contributed by atoms with Crippen LogP contribution in [0.3, 0.4) is 0 Å². The van der Waals surface area contributed by atoms with Crippen LogP contribution in [0.2, 0.25) is 0 Å². The molecule has 0 bridgehead atoms. The molecule has 2 rings (SSSR count). The molecule has 1 saturated carbocycles. The van der Waals surface area contributed by atoms with Gasteiger partial charge in [0, 0.05) is 23.4 Å². The molecule has 0 radical (unpaired) electrons. The first-order valence-electron chi connectivity index (χ1n) is 5.43. The van der Waals surface area contributed by atoms with Crippen molar-refractivity contribution in [2.24, 2.45) is 0 Å². The molecule has 18 heavy (non-hydrogen) atoms. The fraction of sp³-hybridized carbons (Fsp3) is 0.417. The van der Waals surface area contributed by atoms with Crippen LogP contribution in [0.4, 0.5) is 8.78 Å². The molecule has 0 atom stereocenters. The van der Waals surface area contributed by atoms with Crippen molar-refractivity contribution in [3.05, 3.63) is 28.2 Å². The lowest BCUT2D eigenvalue weighted by Crippen LogP contribution is -2.50. The summed E-state index contributed by atoms with van der Waals surface area (Å²) in [4.78, 5) is 11.9. The zero-order chi connectivity index (χ0) is 13.3.